The number of benzene rings is 3. The van der Waals surface area contributed by atoms with Gasteiger partial charge in [0.2, 0.25) is 0 Å². The number of pyridine rings is 1. The van der Waals surface area contributed by atoms with Gasteiger partial charge < -0.3 is 19.8 Å². The summed E-state index contributed by atoms with van der Waals surface area (Å²) in [6, 6.07) is 24.9. The summed E-state index contributed by atoms with van der Waals surface area (Å²) < 4.78 is 10.6. The number of anilines is 2. The van der Waals surface area contributed by atoms with Gasteiger partial charge in [0.25, 0.3) is 0 Å². The van der Waals surface area contributed by atoms with Gasteiger partial charge in [0, 0.05) is 48.3 Å². The van der Waals surface area contributed by atoms with E-state index in [2.05, 4.69) is 63.0 Å². The van der Waals surface area contributed by atoms with Gasteiger partial charge in [-0.05, 0) is 71.6 Å². The maximum atomic E-state index is 9.83. The van der Waals surface area contributed by atoms with Crippen LogP contribution in [0.25, 0.3) is 22.0 Å². The molecular weight excluding hydrogens is 558 g/mol. The van der Waals surface area contributed by atoms with Gasteiger partial charge in [-0.25, -0.2) is 0 Å². The van der Waals surface area contributed by atoms with Crippen LogP contribution < -0.4 is 10.6 Å². The fraction of sp³-hybridized carbons (Fsp3) is 0.257. The van der Waals surface area contributed by atoms with Crippen LogP contribution in [0.1, 0.15) is 28.7 Å². The minimum Gasteiger partial charge on any atom is -0.472 e. The first-order valence-electron chi connectivity index (χ1n) is 14.7. The van der Waals surface area contributed by atoms with Crippen LogP contribution in [-0.4, -0.2) is 49.3 Å². The molecule has 8 heteroatoms. The molecule has 218 valence electrons. The average molecular weight is 592 g/mol. The molecule has 6 rings (SSSR count). The van der Waals surface area contributed by atoms with Crippen molar-refractivity contribution in [1.29, 1.82) is 5.26 Å². The zero-order valence-corrected chi connectivity index (χ0v) is 24.7. The third-order valence-electron chi connectivity index (χ3n) is 7.83. The van der Waals surface area contributed by atoms with Crippen LogP contribution in [-0.2, 0) is 17.7 Å². The van der Waals surface area contributed by atoms with Crippen molar-refractivity contribution < 1.29 is 9.15 Å². The summed E-state index contributed by atoms with van der Waals surface area (Å²) in [5.74, 6) is 0. The number of nitrogens with zero attached hydrogens (tertiary/aromatic N) is 3. The van der Waals surface area contributed by atoms with Crippen LogP contribution in [0, 0.1) is 11.3 Å². The van der Waals surface area contributed by atoms with Crippen molar-refractivity contribution in [2.24, 2.45) is 0 Å². The summed E-state index contributed by atoms with van der Waals surface area (Å²) in [6.07, 6.45) is 6.83. The normalized spacial score (nSPS) is 13.7. The molecule has 0 atom stereocenters. The van der Waals surface area contributed by atoms with Gasteiger partial charge in [-0.15, -0.1) is 0 Å². The summed E-state index contributed by atoms with van der Waals surface area (Å²) in [7, 11) is 0. The highest BCUT2D eigenvalue weighted by atomic mass is 35.5. The number of nitriles is 1. The molecule has 3 heterocycles. The number of rotatable bonds is 11. The van der Waals surface area contributed by atoms with Gasteiger partial charge in [-0.2, -0.15) is 5.26 Å². The fourth-order valence-electron chi connectivity index (χ4n) is 5.42. The van der Waals surface area contributed by atoms with E-state index in [1.807, 2.05) is 30.3 Å². The predicted octanol–water partition coefficient (Wildman–Crippen LogP) is 7.17. The van der Waals surface area contributed by atoms with E-state index in [9.17, 15) is 5.26 Å². The molecule has 0 radical (unpaired) electrons. The number of hydrogen-bond acceptors (Lipinski definition) is 7. The quantitative estimate of drug-likeness (QED) is 0.158. The molecule has 0 saturated carbocycles. The van der Waals surface area contributed by atoms with Crippen LogP contribution in [0.15, 0.2) is 89.9 Å². The van der Waals surface area contributed by atoms with Crippen LogP contribution in [0.4, 0.5) is 11.4 Å². The van der Waals surface area contributed by atoms with Crippen LogP contribution >= 0.6 is 11.6 Å². The molecule has 3 aromatic carbocycles. The lowest BCUT2D eigenvalue weighted by molar-refractivity contribution is 0.0374. The monoisotopic (exact) mass is 591 g/mol. The van der Waals surface area contributed by atoms with Gasteiger partial charge in [-0.1, -0.05) is 54.1 Å². The highest BCUT2D eigenvalue weighted by Crippen LogP contribution is 2.33. The summed E-state index contributed by atoms with van der Waals surface area (Å²) in [5, 5.41) is 18.3. The predicted molar refractivity (Wildman–Crippen MR) is 172 cm³/mol. The maximum Gasteiger partial charge on any atom is 0.103 e. The highest BCUT2D eigenvalue weighted by Gasteiger charge is 2.13. The molecule has 2 aromatic heterocycles. The molecule has 0 aliphatic carbocycles. The summed E-state index contributed by atoms with van der Waals surface area (Å²) in [6.45, 7) is 6.75. The number of hydrogen-bond donors (Lipinski definition) is 2. The van der Waals surface area contributed by atoms with Gasteiger partial charge >= 0.3 is 0 Å². The van der Waals surface area contributed by atoms with Crippen LogP contribution in [0.5, 0.6) is 0 Å². The first-order chi connectivity index (χ1) is 21.2. The van der Waals surface area contributed by atoms with Crippen LogP contribution in [0.2, 0.25) is 5.02 Å². The number of ether oxygens (including phenoxy) is 1. The molecule has 1 aliphatic rings. The minimum atomic E-state index is 0.473. The molecule has 2 N–H and O–H groups in total. The van der Waals surface area contributed by atoms with E-state index in [0.717, 1.165) is 91.2 Å². The number of fused-ring (bicyclic) bond motifs is 1. The molecule has 1 saturated heterocycles. The molecule has 0 bridgehead atoms. The topological polar surface area (TPSA) is 86.4 Å². The second kappa shape index (κ2) is 13.9. The Morgan fingerprint density at radius 2 is 1.79 bits per heavy atom. The van der Waals surface area contributed by atoms with Crippen molar-refractivity contribution in [2.75, 3.05) is 44.7 Å². The highest BCUT2D eigenvalue weighted by molar-refractivity contribution is 6.31. The van der Waals surface area contributed by atoms with E-state index in [-0.39, 0.29) is 0 Å². The summed E-state index contributed by atoms with van der Waals surface area (Å²) in [5.41, 5.74) is 8.33. The Bertz CT molecular complexity index is 1710. The van der Waals surface area contributed by atoms with E-state index in [0.29, 0.717) is 22.7 Å². The van der Waals surface area contributed by atoms with Crippen molar-refractivity contribution in [2.45, 2.75) is 19.4 Å². The molecule has 0 unspecified atom stereocenters. The van der Waals surface area contributed by atoms with E-state index in [4.69, 9.17) is 20.8 Å². The van der Waals surface area contributed by atoms with E-state index >= 15 is 0 Å². The second-order valence-electron chi connectivity index (χ2n) is 10.8. The lowest BCUT2D eigenvalue weighted by Gasteiger charge is -2.26. The fourth-order valence-corrected chi connectivity index (χ4v) is 5.67. The average Bonchev–Trinajstić information content (AvgIpc) is 3.56. The lowest BCUT2D eigenvalue weighted by atomic mass is 10.0. The number of furan rings is 1. The molecule has 1 aliphatic heterocycles. The molecule has 0 spiro atoms. The van der Waals surface area contributed by atoms with E-state index in [1.165, 1.54) is 5.56 Å². The zero-order chi connectivity index (χ0) is 29.4. The Hall–Kier alpha value is -4.19. The van der Waals surface area contributed by atoms with Crippen molar-refractivity contribution in [1.82, 2.24) is 15.2 Å². The lowest BCUT2D eigenvalue weighted by Crippen LogP contribution is -2.37. The maximum absolute atomic E-state index is 9.83. The van der Waals surface area contributed by atoms with Crippen molar-refractivity contribution in [3.63, 3.8) is 0 Å². The van der Waals surface area contributed by atoms with E-state index in [1.54, 1.807) is 18.7 Å². The Morgan fingerprint density at radius 3 is 2.56 bits per heavy atom. The van der Waals surface area contributed by atoms with Gasteiger partial charge in [0.05, 0.1) is 42.5 Å². The second-order valence-corrected chi connectivity index (χ2v) is 11.2. The standard InChI is InChI=1S/C35H34ClN5O2/c36-33-20-31(8-6-29(33)18-26-10-15-43-24-26)40-35-30(21-37)23-39-34-19-28(7-9-32(34)35)27-4-2-25(3-5-27)22-38-11-1-12-41-13-16-42-17-14-41/h2-10,15,19-20,23-24,38H,1,11-14,16-18,22H2,(H,39,40). The number of halogens is 1. The van der Waals surface area contributed by atoms with Crippen molar-refractivity contribution in [3.05, 3.63) is 113 Å². The smallest absolute Gasteiger partial charge is 0.103 e. The van der Waals surface area contributed by atoms with Crippen molar-refractivity contribution in [3.8, 4) is 17.2 Å². The molecule has 43 heavy (non-hydrogen) atoms. The van der Waals surface area contributed by atoms with E-state index < -0.39 is 0 Å². The Morgan fingerprint density at radius 1 is 0.953 bits per heavy atom. The minimum absolute atomic E-state index is 0.473. The van der Waals surface area contributed by atoms with Gasteiger partial charge in [0.1, 0.15) is 6.07 Å². The summed E-state index contributed by atoms with van der Waals surface area (Å²) in [4.78, 5) is 7.07. The number of nitrogens with one attached hydrogen (secondary N) is 2. The third kappa shape index (κ3) is 7.24. The third-order valence-corrected chi connectivity index (χ3v) is 8.19. The zero-order valence-electron chi connectivity index (χ0n) is 24.0. The number of aromatic nitrogens is 1. The Balaban J connectivity index is 1.12. The van der Waals surface area contributed by atoms with Gasteiger partial charge in [0.15, 0.2) is 0 Å². The van der Waals surface area contributed by atoms with Crippen molar-refractivity contribution >= 4 is 33.9 Å². The molecular formula is C35H34ClN5O2. The number of morpholine rings is 1. The first-order valence-corrected chi connectivity index (χ1v) is 15.0. The SMILES string of the molecule is N#Cc1cnc2cc(-c3ccc(CNCCCN4CCOCC4)cc3)ccc2c1Nc1ccc(Cc2ccoc2)c(Cl)c1. The molecule has 0 amide bonds. The molecule has 5 aromatic rings. The Labute approximate surface area is 257 Å². The van der Waals surface area contributed by atoms with Crippen LogP contribution in [0.3, 0.4) is 0 Å². The Kier molecular flexibility index (Phi) is 9.31. The molecule has 7 nitrogen and oxygen atoms in total. The van der Waals surface area contributed by atoms with Gasteiger partial charge in [-0.3, -0.25) is 9.88 Å². The first kappa shape index (κ1) is 28.9. The largest absolute Gasteiger partial charge is 0.472 e. The summed E-state index contributed by atoms with van der Waals surface area (Å²) >= 11 is 6.62. The molecule has 1 fully saturated rings.